The topological polar surface area (TPSA) is 66.8 Å². The number of benzene rings is 2. The van der Waals surface area contributed by atoms with Crippen molar-refractivity contribution in [3.05, 3.63) is 65.4 Å². The van der Waals surface area contributed by atoms with Crippen LogP contribution in [0.1, 0.15) is 40.5 Å². The zero-order chi connectivity index (χ0) is 22.9. The van der Waals surface area contributed by atoms with Crippen LogP contribution in [0.3, 0.4) is 0 Å². The van der Waals surface area contributed by atoms with E-state index < -0.39 is 0 Å². The Hall–Kier alpha value is -3.32. The number of nitrogens with one attached hydrogen (secondary N) is 1. The lowest BCUT2D eigenvalue weighted by Crippen LogP contribution is -2.42. The molecule has 1 N–H and O–H groups in total. The molecule has 1 aromatic heterocycles. The molecule has 172 valence electrons. The molecule has 0 bridgehead atoms. The lowest BCUT2D eigenvalue weighted by atomic mass is 9.98. The van der Waals surface area contributed by atoms with Gasteiger partial charge in [0, 0.05) is 36.6 Å². The van der Waals surface area contributed by atoms with E-state index in [4.69, 9.17) is 4.74 Å². The molecule has 1 atom stereocenters. The van der Waals surface area contributed by atoms with E-state index >= 15 is 0 Å². The Morgan fingerprint density at radius 3 is 2.55 bits per heavy atom. The summed E-state index contributed by atoms with van der Waals surface area (Å²) in [6.45, 7) is 3.68. The summed E-state index contributed by atoms with van der Waals surface area (Å²) in [6, 6.07) is 15.5. The number of methoxy groups -OCH3 is 1. The number of amides is 2. The highest BCUT2D eigenvalue weighted by Gasteiger charge is 2.42. The number of para-hydroxylation sites is 1. The van der Waals surface area contributed by atoms with Crippen LogP contribution < -0.4 is 10.1 Å². The molecule has 2 aliphatic rings. The maximum absolute atomic E-state index is 13.6. The molecule has 0 radical (unpaired) electrons. The lowest BCUT2D eigenvalue weighted by Gasteiger charge is -2.26. The smallest absolute Gasteiger partial charge is 0.272 e. The Labute approximate surface area is 193 Å². The third-order valence-corrected chi connectivity index (χ3v) is 6.89. The first-order valence-electron chi connectivity index (χ1n) is 11.6. The van der Waals surface area contributed by atoms with E-state index in [1.807, 2.05) is 54.1 Å². The van der Waals surface area contributed by atoms with Crippen LogP contribution in [0, 0.1) is 0 Å². The Kier molecular flexibility index (Phi) is 5.81. The summed E-state index contributed by atoms with van der Waals surface area (Å²) in [5.74, 6) is 0.518. The molecular formula is C26H30N4O3. The van der Waals surface area contributed by atoms with Crippen LogP contribution in [0.25, 0.3) is 10.9 Å². The highest BCUT2D eigenvalue weighted by atomic mass is 16.5. The number of aryl methyl sites for hydroxylation is 1. The highest BCUT2D eigenvalue weighted by Crippen LogP contribution is 2.43. The van der Waals surface area contributed by atoms with Crippen molar-refractivity contribution in [2.75, 3.05) is 39.8 Å². The number of likely N-dealkylation sites (tertiary alicyclic amines) is 1. The zero-order valence-electron chi connectivity index (χ0n) is 19.2. The summed E-state index contributed by atoms with van der Waals surface area (Å²) in [6.07, 6.45) is 2.46. The summed E-state index contributed by atoms with van der Waals surface area (Å²) in [4.78, 5) is 30.5. The van der Waals surface area contributed by atoms with E-state index in [-0.39, 0.29) is 24.4 Å². The molecule has 1 fully saturated rings. The van der Waals surface area contributed by atoms with Gasteiger partial charge in [0.25, 0.3) is 5.91 Å². The molecular weight excluding hydrogens is 416 g/mol. The number of aromatic nitrogens is 1. The quantitative estimate of drug-likeness (QED) is 0.606. The van der Waals surface area contributed by atoms with Crippen molar-refractivity contribution >= 4 is 22.7 Å². The van der Waals surface area contributed by atoms with Gasteiger partial charge in [-0.05, 0) is 49.7 Å². The van der Waals surface area contributed by atoms with Crippen molar-refractivity contribution in [1.82, 2.24) is 19.7 Å². The number of nitrogens with zero attached hydrogens (tertiary/aromatic N) is 3. The first-order valence-corrected chi connectivity index (χ1v) is 11.6. The number of hydrogen-bond acceptors (Lipinski definition) is 4. The number of fused-ring (bicyclic) bond motifs is 3. The van der Waals surface area contributed by atoms with Gasteiger partial charge in [0.1, 0.15) is 18.0 Å². The van der Waals surface area contributed by atoms with E-state index in [0.717, 1.165) is 47.4 Å². The van der Waals surface area contributed by atoms with Crippen molar-refractivity contribution < 1.29 is 14.3 Å². The summed E-state index contributed by atoms with van der Waals surface area (Å²) in [5.41, 5.74) is 3.60. The molecule has 33 heavy (non-hydrogen) atoms. The van der Waals surface area contributed by atoms with E-state index in [2.05, 4.69) is 16.3 Å². The van der Waals surface area contributed by atoms with Gasteiger partial charge in [-0.2, -0.15) is 0 Å². The third-order valence-electron chi connectivity index (χ3n) is 6.89. The van der Waals surface area contributed by atoms with Crippen LogP contribution in [0.4, 0.5) is 0 Å². The average Bonchev–Trinajstić information content (AvgIpc) is 3.52. The number of carbonyl (C=O) groups excluding carboxylic acids is 2. The molecule has 7 heteroatoms. The van der Waals surface area contributed by atoms with Gasteiger partial charge >= 0.3 is 0 Å². The van der Waals surface area contributed by atoms with Crippen LogP contribution in [0.5, 0.6) is 5.75 Å². The fourth-order valence-electron chi connectivity index (χ4n) is 5.23. The Morgan fingerprint density at radius 1 is 1.09 bits per heavy atom. The van der Waals surface area contributed by atoms with Crippen molar-refractivity contribution in [2.24, 2.45) is 7.05 Å². The van der Waals surface area contributed by atoms with Gasteiger partial charge in [0.2, 0.25) is 5.91 Å². The SMILES string of the molecule is COc1ccc([C@@H]2c3c(n(C)c4ccccc34)C(=O)N2CC(=O)NCCN2CCCC2)cc1. The molecule has 0 saturated carbocycles. The fourth-order valence-corrected chi connectivity index (χ4v) is 5.23. The maximum atomic E-state index is 13.6. The van der Waals surface area contributed by atoms with Gasteiger partial charge < -0.3 is 24.4 Å². The second-order valence-corrected chi connectivity index (χ2v) is 8.85. The minimum Gasteiger partial charge on any atom is -0.497 e. The molecule has 0 aliphatic carbocycles. The van der Waals surface area contributed by atoms with Crippen molar-refractivity contribution in [3.63, 3.8) is 0 Å². The van der Waals surface area contributed by atoms with Gasteiger partial charge in [-0.1, -0.05) is 30.3 Å². The van der Waals surface area contributed by atoms with Crippen LogP contribution >= 0.6 is 0 Å². The maximum Gasteiger partial charge on any atom is 0.272 e. The predicted molar refractivity (Wildman–Crippen MR) is 127 cm³/mol. The third kappa shape index (κ3) is 3.86. The number of hydrogen-bond donors (Lipinski definition) is 1. The Morgan fingerprint density at radius 2 is 1.82 bits per heavy atom. The monoisotopic (exact) mass is 446 g/mol. The summed E-state index contributed by atoms with van der Waals surface area (Å²) >= 11 is 0. The molecule has 3 aromatic rings. The number of carbonyl (C=O) groups is 2. The summed E-state index contributed by atoms with van der Waals surface area (Å²) < 4.78 is 7.28. The van der Waals surface area contributed by atoms with Crippen LogP contribution in [0.15, 0.2) is 48.5 Å². The molecule has 2 aliphatic heterocycles. The molecule has 0 spiro atoms. The van der Waals surface area contributed by atoms with Crippen LogP contribution in [0.2, 0.25) is 0 Å². The second-order valence-electron chi connectivity index (χ2n) is 8.85. The molecule has 5 rings (SSSR count). The summed E-state index contributed by atoms with van der Waals surface area (Å²) in [5, 5.41) is 4.06. The first kappa shape index (κ1) is 21.5. The van der Waals surface area contributed by atoms with Crippen molar-refractivity contribution in [1.29, 1.82) is 0 Å². The van der Waals surface area contributed by atoms with Gasteiger partial charge in [0.05, 0.1) is 13.2 Å². The minimum absolute atomic E-state index is 0.0263. The number of rotatable bonds is 7. The molecule has 2 amide bonds. The van der Waals surface area contributed by atoms with E-state index in [9.17, 15) is 9.59 Å². The van der Waals surface area contributed by atoms with Crippen LogP contribution in [-0.2, 0) is 11.8 Å². The molecule has 1 saturated heterocycles. The molecule has 0 unspecified atom stereocenters. The lowest BCUT2D eigenvalue weighted by molar-refractivity contribution is -0.122. The second kappa shape index (κ2) is 8.90. The van der Waals surface area contributed by atoms with Gasteiger partial charge in [-0.25, -0.2) is 0 Å². The normalized spacial score (nSPS) is 18.2. The largest absolute Gasteiger partial charge is 0.497 e. The zero-order valence-corrected chi connectivity index (χ0v) is 19.2. The van der Waals surface area contributed by atoms with E-state index in [1.165, 1.54) is 12.8 Å². The average molecular weight is 447 g/mol. The van der Waals surface area contributed by atoms with Crippen LogP contribution in [-0.4, -0.2) is 66.0 Å². The highest BCUT2D eigenvalue weighted by molar-refractivity contribution is 6.07. The summed E-state index contributed by atoms with van der Waals surface area (Å²) in [7, 11) is 3.56. The molecule has 3 heterocycles. The van der Waals surface area contributed by atoms with Crippen molar-refractivity contribution in [3.8, 4) is 5.75 Å². The Bertz CT molecular complexity index is 1180. The number of ether oxygens (including phenoxy) is 1. The minimum atomic E-state index is -0.325. The van der Waals surface area contributed by atoms with Gasteiger partial charge in [0.15, 0.2) is 0 Å². The fraction of sp³-hybridized carbons (Fsp3) is 0.385. The first-order chi connectivity index (χ1) is 16.1. The molecule has 2 aromatic carbocycles. The standard InChI is InChI=1S/C26H30N4O3/c1-28-21-8-4-3-7-20(21)23-24(18-9-11-19(33-2)12-10-18)30(26(32)25(23)28)17-22(31)27-13-16-29-14-5-6-15-29/h3-4,7-12,24H,5-6,13-17H2,1-2H3,(H,27,31)/t24-/m1/s1. The van der Waals surface area contributed by atoms with E-state index in [0.29, 0.717) is 12.2 Å². The molecule has 7 nitrogen and oxygen atoms in total. The van der Waals surface area contributed by atoms with E-state index in [1.54, 1.807) is 12.0 Å². The van der Waals surface area contributed by atoms with Gasteiger partial charge in [-0.3, -0.25) is 9.59 Å². The Balaban J connectivity index is 1.44. The predicted octanol–water partition coefficient (Wildman–Crippen LogP) is 2.94. The van der Waals surface area contributed by atoms with Gasteiger partial charge in [-0.15, -0.1) is 0 Å². The van der Waals surface area contributed by atoms with Crippen molar-refractivity contribution in [2.45, 2.75) is 18.9 Å².